The summed E-state index contributed by atoms with van der Waals surface area (Å²) in [5, 5.41) is 1.02. The van der Waals surface area contributed by atoms with Crippen molar-refractivity contribution in [3.8, 4) is 17.2 Å². The Balaban J connectivity index is 1.58. The quantitative estimate of drug-likeness (QED) is 0.298. The Morgan fingerprint density at radius 3 is 2.61 bits per heavy atom. The van der Waals surface area contributed by atoms with Crippen molar-refractivity contribution in [2.45, 2.75) is 37.1 Å². The van der Waals surface area contributed by atoms with Crippen LogP contribution in [0.3, 0.4) is 0 Å². The molecule has 0 fully saturated rings. The minimum absolute atomic E-state index is 0.229. The van der Waals surface area contributed by atoms with E-state index in [1.165, 1.54) is 22.5 Å². The largest absolute Gasteiger partial charge is 0.497 e. The lowest BCUT2D eigenvalue weighted by molar-refractivity contribution is 0.284. The van der Waals surface area contributed by atoms with Crippen LogP contribution >= 0.6 is 0 Å². The molecule has 5 rings (SSSR count). The molecular weight excluding hydrogens is 507 g/mol. The fourth-order valence-corrected chi connectivity index (χ4v) is 6.97. The molecule has 0 unspecified atom stereocenters. The highest BCUT2D eigenvalue weighted by atomic mass is 32.2. The van der Waals surface area contributed by atoms with Gasteiger partial charge in [-0.2, -0.15) is 4.31 Å². The minimum atomic E-state index is -4.11. The fourth-order valence-electron chi connectivity index (χ4n) is 5.26. The van der Waals surface area contributed by atoms with Crippen molar-refractivity contribution in [3.63, 3.8) is 0 Å². The molecule has 4 aromatic rings. The second-order valence-corrected chi connectivity index (χ2v) is 11.1. The van der Waals surface area contributed by atoms with Crippen LogP contribution in [0.25, 0.3) is 10.9 Å². The van der Waals surface area contributed by atoms with E-state index in [0.29, 0.717) is 37.4 Å². The van der Waals surface area contributed by atoms with E-state index in [1.54, 1.807) is 20.3 Å². The van der Waals surface area contributed by atoms with Gasteiger partial charge in [-0.1, -0.05) is 12.1 Å². The Hall–Kier alpha value is -3.56. The molecule has 7 nitrogen and oxygen atoms in total. The lowest BCUT2D eigenvalue weighted by Crippen LogP contribution is -2.40. The third-order valence-corrected chi connectivity index (χ3v) is 9.06. The Kier molecular flexibility index (Phi) is 7.32. The predicted octanol–water partition coefficient (Wildman–Crippen LogP) is 5.64. The summed E-state index contributed by atoms with van der Waals surface area (Å²) in [6, 6.07) is 14.6. The van der Waals surface area contributed by atoms with Crippen LogP contribution in [0.2, 0.25) is 0 Å². The number of halogens is 1. The Morgan fingerprint density at radius 2 is 1.87 bits per heavy atom. The van der Waals surface area contributed by atoms with Crippen LogP contribution in [0.1, 0.15) is 36.1 Å². The standard InChI is InChI=1S/C29H31FN2O5S/c1-4-37-28-17-23-19(15-27(28)36-3)13-14-32(38(33,34)29-8-6-5-7-24(29)30)26(23)12-9-20-18-31-25-11-10-21(35-2)16-22(20)25/h5-8,10-11,15-18,26,31H,4,9,12-14H2,1-3H3/t26-/m0/s1. The van der Waals surface area contributed by atoms with E-state index in [4.69, 9.17) is 14.2 Å². The molecule has 1 N–H and O–H groups in total. The zero-order valence-corrected chi connectivity index (χ0v) is 22.5. The summed E-state index contributed by atoms with van der Waals surface area (Å²) in [5.41, 5.74) is 3.87. The number of sulfonamides is 1. The van der Waals surface area contributed by atoms with E-state index < -0.39 is 21.9 Å². The van der Waals surface area contributed by atoms with Crippen LogP contribution in [0.15, 0.2) is 65.7 Å². The van der Waals surface area contributed by atoms with Crippen LogP contribution in [0, 0.1) is 5.82 Å². The second-order valence-electron chi connectivity index (χ2n) is 9.21. The number of H-pyrrole nitrogens is 1. The van der Waals surface area contributed by atoms with E-state index in [-0.39, 0.29) is 11.4 Å². The molecule has 0 bridgehead atoms. The molecule has 1 aromatic heterocycles. The third-order valence-electron chi connectivity index (χ3n) is 7.12. The van der Waals surface area contributed by atoms with Crippen LogP contribution < -0.4 is 14.2 Å². The van der Waals surface area contributed by atoms with Gasteiger partial charge in [0.05, 0.1) is 26.9 Å². The number of aromatic nitrogens is 1. The van der Waals surface area contributed by atoms with E-state index in [2.05, 4.69) is 4.98 Å². The molecule has 0 amide bonds. The van der Waals surface area contributed by atoms with E-state index in [0.717, 1.165) is 33.3 Å². The van der Waals surface area contributed by atoms with Crippen molar-refractivity contribution >= 4 is 20.9 Å². The number of hydrogen-bond donors (Lipinski definition) is 1. The van der Waals surface area contributed by atoms with Crippen molar-refractivity contribution in [1.82, 2.24) is 9.29 Å². The lowest BCUT2D eigenvalue weighted by atomic mass is 9.90. The summed E-state index contributed by atoms with van der Waals surface area (Å²) in [5.74, 6) is 1.16. The highest BCUT2D eigenvalue weighted by Gasteiger charge is 2.38. The second kappa shape index (κ2) is 10.7. The third kappa shape index (κ3) is 4.72. The van der Waals surface area contributed by atoms with E-state index in [1.807, 2.05) is 43.5 Å². The summed E-state index contributed by atoms with van der Waals surface area (Å²) in [7, 11) is -0.896. The van der Waals surface area contributed by atoms with Crippen LogP contribution in [0.5, 0.6) is 17.2 Å². The van der Waals surface area contributed by atoms with Crippen LogP contribution in [-0.2, 0) is 22.9 Å². The molecule has 0 saturated heterocycles. The number of nitrogens with zero attached hydrogens (tertiary/aromatic N) is 1. The summed E-state index contributed by atoms with van der Waals surface area (Å²) in [6.45, 7) is 2.55. The van der Waals surface area contributed by atoms with E-state index >= 15 is 0 Å². The average Bonchev–Trinajstić information content (AvgIpc) is 3.33. The highest BCUT2D eigenvalue weighted by Crippen LogP contribution is 2.42. The molecule has 200 valence electrons. The average molecular weight is 539 g/mol. The molecule has 0 radical (unpaired) electrons. The first kappa shape index (κ1) is 26.1. The number of hydrogen-bond acceptors (Lipinski definition) is 5. The van der Waals surface area contributed by atoms with Gasteiger partial charge in [-0.15, -0.1) is 0 Å². The first-order valence-corrected chi connectivity index (χ1v) is 14.0. The zero-order chi connectivity index (χ0) is 26.9. The number of aromatic amines is 1. The molecular formula is C29H31FN2O5S. The molecule has 0 aliphatic carbocycles. The van der Waals surface area contributed by atoms with Crippen molar-refractivity contribution in [2.75, 3.05) is 27.4 Å². The molecule has 0 saturated carbocycles. The normalized spacial score (nSPS) is 15.8. The smallest absolute Gasteiger partial charge is 0.246 e. The van der Waals surface area contributed by atoms with Gasteiger partial charge in [0.25, 0.3) is 0 Å². The molecule has 2 heterocycles. The van der Waals surface area contributed by atoms with Crippen LogP contribution in [-0.4, -0.2) is 45.1 Å². The fraction of sp³-hybridized carbons (Fsp3) is 0.310. The van der Waals surface area contributed by atoms with Crippen LogP contribution in [0.4, 0.5) is 4.39 Å². The molecule has 3 aromatic carbocycles. The van der Waals surface area contributed by atoms with Crippen molar-refractivity contribution in [2.24, 2.45) is 0 Å². The van der Waals surface area contributed by atoms with Crippen molar-refractivity contribution < 1.29 is 27.0 Å². The maximum Gasteiger partial charge on any atom is 0.246 e. The number of fused-ring (bicyclic) bond motifs is 2. The number of nitrogens with one attached hydrogen (secondary N) is 1. The number of benzene rings is 3. The van der Waals surface area contributed by atoms with Gasteiger partial charge in [-0.25, -0.2) is 12.8 Å². The minimum Gasteiger partial charge on any atom is -0.497 e. The summed E-state index contributed by atoms with van der Waals surface area (Å²) >= 11 is 0. The SMILES string of the molecule is CCOc1cc2c(cc1OC)CCN(S(=O)(=O)c1ccccc1F)[C@H]2CCc1c[nH]c2ccc(OC)cc12. The Morgan fingerprint density at radius 1 is 1.05 bits per heavy atom. The lowest BCUT2D eigenvalue weighted by Gasteiger charge is -2.37. The number of rotatable bonds is 9. The zero-order valence-electron chi connectivity index (χ0n) is 21.7. The molecule has 0 spiro atoms. The molecule has 1 atom stereocenters. The van der Waals surface area contributed by atoms with Crippen molar-refractivity contribution in [1.29, 1.82) is 0 Å². The molecule has 1 aliphatic heterocycles. The van der Waals surface area contributed by atoms with Gasteiger partial charge in [0.2, 0.25) is 10.0 Å². The number of ether oxygens (including phenoxy) is 3. The van der Waals surface area contributed by atoms with Gasteiger partial charge in [0, 0.05) is 23.6 Å². The number of methoxy groups -OCH3 is 2. The monoisotopic (exact) mass is 538 g/mol. The van der Waals surface area contributed by atoms with Crippen molar-refractivity contribution in [3.05, 3.63) is 83.3 Å². The molecule has 1 aliphatic rings. The highest BCUT2D eigenvalue weighted by molar-refractivity contribution is 7.89. The summed E-state index contributed by atoms with van der Waals surface area (Å²) in [6.07, 6.45) is 3.51. The topological polar surface area (TPSA) is 80.9 Å². The van der Waals surface area contributed by atoms with E-state index in [9.17, 15) is 12.8 Å². The Labute approximate surface area is 222 Å². The van der Waals surface area contributed by atoms with Gasteiger partial charge in [0.15, 0.2) is 11.5 Å². The molecule has 38 heavy (non-hydrogen) atoms. The maximum absolute atomic E-state index is 14.7. The van der Waals surface area contributed by atoms with Gasteiger partial charge in [-0.3, -0.25) is 0 Å². The van der Waals surface area contributed by atoms with Gasteiger partial charge in [-0.05, 0) is 85.3 Å². The first-order valence-electron chi connectivity index (χ1n) is 12.6. The van der Waals surface area contributed by atoms with Gasteiger partial charge in [0.1, 0.15) is 16.5 Å². The summed E-state index contributed by atoms with van der Waals surface area (Å²) in [4.78, 5) is 2.97. The maximum atomic E-state index is 14.7. The predicted molar refractivity (Wildman–Crippen MR) is 144 cm³/mol. The van der Waals surface area contributed by atoms with Gasteiger partial charge >= 0.3 is 0 Å². The van der Waals surface area contributed by atoms with Gasteiger partial charge < -0.3 is 19.2 Å². The number of aryl methyl sites for hydroxylation is 1. The summed E-state index contributed by atoms with van der Waals surface area (Å²) < 4.78 is 60.6. The first-order chi connectivity index (χ1) is 18.4. The Bertz CT molecular complexity index is 1570. The molecule has 9 heteroatoms.